The minimum Gasteiger partial charge on any atom is -0.478 e. The van der Waals surface area contributed by atoms with Gasteiger partial charge in [-0.15, -0.1) is 0 Å². The number of carboxylic acid groups (broad SMARTS) is 1. The van der Waals surface area contributed by atoms with Crippen LogP contribution < -0.4 is 5.32 Å². The number of hydrogen-bond donors (Lipinski definition) is 2. The van der Waals surface area contributed by atoms with E-state index in [4.69, 9.17) is 5.11 Å². The van der Waals surface area contributed by atoms with Crippen LogP contribution in [-0.2, 0) is 5.54 Å². The fraction of sp³-hybridized carbons (Fsp3) is 0.333. The van der Waals surface area contributed by atoms with Gasteiger partial charge in [0.05, 0.1) is 11.1 Å². The van der Waals surface area contributed by atoms with Gasteiger partial charge >= 0.3 is 12.0 Å². The van der Waals surface area contributed by atoms with E-state index in [1.807, 2.05) is 6.92 Å². The van der Waals surface area contributed by atoms with Gasteiger partial charge in [0.15, 0.2) is 0 Å². The molecule has 2 amide bonds. The zero-order valence-corrected chi connectivity index (χ0v) is 9.73. The van der Waals surface area contributed by atoms with Crippen LogP contribution in [0.5, 0.6) is 0 Å². The smallest absolute Gasteiger partial charge is 0.336 e. The van der Waals surface area contributed by atoms with Crippen molar-refractivity contribution in [3.63, 3.8) is 0 Å². The first-order valence-electron chi connectivity index (χ1n) is 5.30. The summed E-state index contributed by atoms with van der Waals surface area (Å²) >= 11 is 0. The van der Waals surface area contributed by atoms with Crippen molar-refractivity contribution in [1.29, 1.82) is 0 Å². The summed E-state index contributed by atoms with van der Waals surface area (Å²) in [5, 5.41) is 12.0. The lowest BCUT2D eigenvalue weighted by atomic mass is 9.89. The van der Waals surface area contributed by atoms with Gasteiger partial charge in [0.1, 0.15) is 0 Å². The van der Waals surface area contributed by atoms with Crippen LogP contribution in [0, 0.1) is 0 Å². The van der Waals surface area contributed by atoms with E-state index >= 15 is 0 Å². The van der Waals surface area contributed by atoms with E-state index in [2.05, 4.69) is 5.32 Å². The summed E-state index contributed by atoms with van der Waals surface area (Å²) < 4.78 is 0. The van der Waals surface area contributed by atoms with Crippen molar-refractivity contribution < 1.29 is 14.7 Å². The molecule has 1 atom stereocenters. The average molecular weight is 234 g/mol. The molecule has 90 valence electrons. The zero-order chi connectivity index (χ0) is 12.6. The lowest BCUT2D eigenvalue weighted by molar-refractivity contribution is 0.0693. The van der Waals surface area contributed by atoms with Crippen LogP contribution in [0.15, 0.2) is 24.3 Å². The molecular formula is C12H14N2O3. The maximum Gasteiger partial charge on any atom is 0.336 e. The third-order valence-electron chi connectivity index (χ3n) is 3.03. The molecule has 2 rings (SSSR count). The molecule has 0 saturated carbocycles. The van der Waals surface area contributed by atoms with Gasteiger partial charge in [-0.2, -0.15) is 0 Å². The Bertz CT molecular complexity index is 486. The molecule has 1 unspecified atom stereocenters. The summed E-state index contributed by atoms with van der Waals surface area (Å²) in [6.45, 7) is 2.28. The largest absolute Gasteiger partial charge is 0.478 e. The lowest BCUT2D eigenvalue weighted by Crippen LogP contribution is -2.38. The van der Waals surface area contributed by atoms with E-state index in [1.165, 1.54) is 0 Å². The Kier molecular flexibility index (Phi) is 2.53. The fourth-order valence-electron chi connectivity index (χ4n) is 2.22. The van der Waals surface area contributed by atoms with Gasteiger partial charge in [-0.3, -0.25) is 0 Å². The number of amides is 2. The Morgan fingerprint density at radius 2 is 2.12 bits per heavy atom. The molecule has 0 bridgehead atoms. The summed E-state index contributed by atoms with van der Waals surface area (Å²) in [5.74, 6) is -0.981. The molecule has 5 heteroatoms. The number of urea groups is 1. The van der Waals surface area contributed by atoms with E-state index in [0.29, 0.717) is 12.1 Å². The average Bonchev–Trinajstić information content (AvgIpc) is 2.54. The molecule has 2 N–H and O–H groups in total. The number of carboxylic acids is 1. The topological polar surface area (TPSA) is 69.6 Å². The van der Waals surface area contributed by atoms with E-state index in [1.54, 1.807) is 36.2 Å². The molecule has 1 aliphatic rings. The molecule has 1 aromatic rings. The molecule has 0 aliphatic carbocycles. The number of likely N-dealkylation sites (N-methyl/N-ethyl adjacent to an activating group) is 1. The predicted molar refractivity (Wildman–Crippen MR) is 61.9 cm³/mol. The molecule has 1 aromatic carbocycles. The molecule has 17 heavy (non-hydrogen) atoms. The highest BCUT2D eigenvalue weighted by Crippen LogP contribution is 2.29. The number of nitrogens with one attached hydrogen (secondary N) is 1. The minimum absolute atomic E-state index is 0.187. The molecule has 0 radical (unpaired) electrons. The first kappa shape index (κ1) is 11.4. The highest BCUT2D eigenvalue weighted by atomic mass is 16.4. The Balaban J connectivity index is 2.47. The van der Waals surface area contributed by atoms with Crippen LogP contribution in [0.4, 0.5) is 4.79 Å². The molecular weight excluding hydrogens is 220 g/mol. The molecule has 5 nitrogen and oxygen atoms in total. The Labute approximate surface area is 99.0 Å². The van der Waals surface area contributed by atoms with Gasteiger partial charge in [-0.05, 0) is 18.6 Å². The summed E-state index contributed by atoms with van der Waals surface area (Å²) in [4.78, 5) is 24.2. The number of nitrogens with zero attached hydrogens (tertiary/aromatic N) is 1. The minimum atomic E-state index is -0.981. The SMILES string of the molecule is CN1CC(C)(c2ccccc2C(=O)O)NC1=O. The summed E-state index contributed by atoms with van der Waals surface area (Å²) in [5.41, 5.74) is 0.205. The van der Waals surface area contributed by atoms with Crippen LogP contribution in [0.2, 0.25) is 0 Å². The molecule has 1 fully saturated rings. The number of rotatable bonds is 2. The van der Waals surface area contributed by atoms with Crippen molar-refractivity contribution in [3.05, 3.63) is 35.4 Å². The van der Waals surface area contributed by atoms with Crippen LogP contribution in [0.1, 0.15) is 22.8 Å². The Morgan fingerprint density at radius 1 is 1.47 bits per heavy atom. The normalized spacial score (nSPS) is 23.6. The van der Waals surface area contributed by atoms with Crippen molar-refractivity contribution in [3.8, 4) is 0 Å². The summed E-state index contributed by atoms with van der Waals surface area (Å²) in [6, 6.07) is 6.55. The highest BCUT2D eigenvalue weighted by Gasteiger charge is 2.40. The molecule has 1 saturated heterocycles. The zero-order valence-electron chi connectivity index (χ0n) is 9.73. The van der Waals surface area contributed by atoms with E-state index in [9.17, 15) is 9.59 Å². The van der Waals surface area contributed by atoms with E-state index in [0.717, 1.165) is 0 Å². The van der Waals surface area contributed by atoms with Crippen LogP contribution in [0.25, 0.3) is 0 Å². The van der Waals surface area contributed by atoms with Crippen molar-refractivity contribution >= 4 is 12.0 Å². The standard InChI is InChI=1S/C12H14N2O3/c1-12(7-14(2)11(17)13-12)9-6-4-3-5-8(9)10(15)16/h3-6H,7H2,1-2H3,(H,13,17)(H,15,16). The maximum atomic E-state index is 11.5. The van der Waals surface area contributed by atoms with Gasteiger partial charge in [-0.1, -0.05) is 18.2 Å². The maximum absolute atomic E-state index is 11.5. The monoisotopic (exact) mass is 234 g/mol. The van der Waals surface area contributed by atoms with Crippen molar-refractivity contribution in [2.75, 3.05) is 13.6 Å². The second-order valence-corrected chi connectivity index (χ2v) is 4.47. The van der Waals surface area contributed by atoms with Gasteiger partial charge in [-0.25, -0.2) is 9.59 Å². The Morgan fingerprint density at radius 3 is 2.65 bits per heavy atom. The molecule has 0 spiro atoms. The fourth-order valence-corrected chi connectivity index (χ4v) is 2.22. The number of carbonyl (C=O) groups is 2. The summed E-state index contributed by atoms with van der Waals surface area (Å²) in [6.07, 6.45) is 0. The highest BCUT2D eigenvalue weighted by molar-refractivity contribution is 5.90. The first-order chi connectivity index (χ1) is 7.94. The molecule has 1 heterocycles. The Hall–Kier alpha value is -2.04. The van der Waals surface area contributed by atoms with Crippen LogP contribution in [-0.4, -0.2) is 35.6 Å². The van der Waals surface area contributed by atoms with Gasteiger partial charge in [0, 0.05) is 13.6 Å². The first-order valence-corrected chi connectivity index (χ1v) is 5.30. The third-order valence-corrected chi connectivity index (χ3v) is 3.03. The quantitative estimate of drug-likeness (QED) is 0.809. The van der Waals surface area contributed by atoms with E-state index in [-0.39, 0.29) is 11.6 Å². The second-order valence-electron chi connectivity index (χ2n) is 4.47. The predicted octanol–water partition coefficient (Wildman–Crippen LogP) is 1.26. The van der Waals surface area contributed by atoms with Crippen LogP contribution >= 0.6 is 0 Å². The molecule has 0 aromatic heterocycles. The van der Waals surface area contributed by atoms with Crippen LogP contribution in [0.3, 0.4) is 0 Å². The lowest BCUT2D eigenvalue weighted by Gasteiger charge is -2.25. The van der Waals surface area contributed by atoms with Crippen molar-refractivity contribution in [2.45, 2.75) is 12.5 Å². The van der Waals surface area contributed by atoms with Gasteiger partial charge < -0.3 is 15.3 Å². The van der Waals surface area contributed by atoms with E-state index < -0.39 is 11.5 Å². The number of benzene rings is 1. The third kappa shape index (κ3) is 1.84. The van der Waals surface area contributed by atoms with Crippen molar-refractivity contribution in [1.82, 2.24) is 10.2 Å². The molecule has 1 aliphatic heterocycles. The number of carbonyl (C=O) groups excluding carboxylic acids is 1. The van der Waals surface area contributed by atoms with Crippen molar-refractivity contribution in [2.24, 2.45) is 0 Å². The second kappa shape index (κ2) is 3.76. The summed E-state index contributed by atoms with van der Waals surface area (Å²) in [7, 11) is 1.68. The van der Waals surface area contributed by atoms with Gasteiger partial charge in [0.2, 0.25) is 0 Å². The van der Waals surface area contributed by atoms with Gasteiger partial charge in [0.25, 0.3) is 0 Å². The number of hydrogen-bond acceptors (Lipinski definition) is 2. The number of aromatic carboxylic acids is 1.